The summed E-state index contributed by atoms with van der Waals surface area (Å²) in [4.78, 5) is 11.0. The van der Waals surface area contributed by atoms with Crippen molar-refractivity contribution >= 4 is 6.09 Å². The van der Waals surface area contributed by atoms with Crippen molar-refractivity contribution in [1.29, 1.82) is 0 Å². The summed E-state index contributed by atoms with van der Waals surface area (Å²) in [5.74, 6) is 0. The molecule has 0 atom stereocenters. The van der Waals surface area contributed by atoms with Crippen molar-refractivity contribution in [3.05, 3.63) is 12.2 Å². The highest BCUT2D eigenvalue weighted by molar-refractivity contribution is 5.67. The molecule has 15 heavy (non-hydrogen) atoms. The van der Waals surface area contributed by atoms with Crippen LogP contribution in [-0.2, 0) is 4.74 Å². The molecule has 2 saturated carbocycles. The van der Waals surface area contributed by atoms with Gasteiger partial charge >= 0.3 is 6.09 Å². The molecule has 0 radical (unpaired) electrons. The number of hydrogen-bond acceptors (Lipinski definition) is 2. The van der Waals surface area contributed by atoms with Crippen LogP contribution in [0.4, 0.5) is 4.79 Å². The molecule has 3 heteroatoms. The topological polar surface area (TPSA) is 38.3 Å². The molecule has 0 unspecified atom stereocenters. The Morgan fingerprint density at radius 1 is 1.47 bits per heavy atom. The minimum atomic E-state index is -0.297. The van der Waals surface area contributed by atoms with Crippen molar-refractivity contribution in [2.75, 3.05) is 7.11 Å². The predicted molar refractivity (Wildman–Crippen MR) is 58.6 cm³/mol. The number of carbonyl (C=O) groups excluding carboxylic acids is 1. The Hall–Kier alpha value is -0.990. The van der Waals surface area contributed by atoms with E-state index in [-0.39, 0.29) is 6.09 Å². The first kappa shape index (κ1) is 10.5. The smallest absolute Gasteiger partial charge is 0.407 e. The zero-order valence-corrected chi connectivity index (χ0v) is 9.34. The Kier molecular flexibility index (Phi) is 2.72. The van der Waals surface area contributed by atoms with Gasteiger partial charge in [0, 0.05) is 6.04 Å². The fourth-order valence-electron chi connectivity index (χ4n) is 2.96. The van der Waals surface area contributed by atoms with Gasteiger partial charge < -0.3 is 10.1 Å². The quantitative estimate of drug-likeness (QED) is 0.674. The largest absolute Gasteiger partial charge is 0.453 e. The first-order valence-corrected chi connectivity index (χ1v) is 5.65. The number of amides is 1. The van der Waals surface area contributed by atoms with Crippen molar-refractivity contribution in [2.24, 2.45) is 5.41 Å². The Morgan fingerprint density at radius 2 is 2.07 bits per heavy atom. The molecule has 1 N–H and O–H groups in total. The fraction of sp³-hybridized carbons (Fsp3) is 0.750. The van der Waals surface area contributed by atoms with Crippen LogP contribution in [0, 0.1) is 5.41 Å². The maximum atomic E-state index is 11.0. The summed E-state index contributed by atoms with van der Waals surface area (Å²) in [5.41, 5.74) is 1.94. The van der Waals surface area contributed by atoms with Crippen molar-refractivity contribution < 1.29 is 9.53 Å². The number of ether oxygens (including phenoxy) is 1. The van der Waals surface area contributed by atoms with Crippen LogP contribution in [0.25, 0.3) is 0 Å². The van der Waals surface area contributed by atoms with Crippen molar-refractivity contribution in [2.45, 2.75) is 44.6 Å². The molecule has 1 amide bonds. The number of rotatable bonds is 1. The van der Waals surface area contributed by atoms with Crippen LogP contribution in [0.1, 0.15) is 38.5 Å². The number of hydrogen-bond donors (Lipinski definition) is 1. The second kappa shape index (κ2) is 3.87. The zero-order valence-electron chi connectivity index (χ0n) is 9.34. The summed E-state index contributed by atoms with van der Waals surface area (Å²) >= 11 is 0. The van der Waals surface area contributed by atoms with Crippen molar-refractivity contribution in [3.8, 4) is 0 Å². The molecule has 0 bridgehead atoms. The third-order valence-corrected chi connectivity index (χ3v) is 3.80. The summed E-state index contributed by atoms with van der Waals surface area (Å²) in [7, 11) is 1.41. The van der Waals surface area contributed by atoms with Gasteiger partial charge in [0.1, 0.15) is 0 Å². The average molecular weight is 209 g/mol. The second-order valence-electron chi connectivity index (χ2n) is 5.01. The average Bonchev–Trinajstić information content (AvgIpc) is 2.19. The SMILES string of the molecule is C=C1CC2(CCC(NC(=O)OC)CC2)C1. The molecule has 84 valence electrons. The van der Waals surface area contributed by atoms with Gasteiger partial charge in [0.05, 0.1) is 7.11 Å². The van der Waals surface area contributed by atoms with Crippen molar-refractivity contribution in [3.63, 3.8) is 0 Å². The van der Waals surface area contributed by atoms with Crippen LogP contribution in [0.15, 0.2) is 12.2 Å². The molecule has 0 aliphatic heterocycles. The van der Waals surface area contributed by atoms with E-state index < -0.39 is 0 Å². The molecule has 2 aliphatic carbocycles. The standard InChI is InChI=1S/C12H19NO2/c1-9-7-12(8-9)5-3-10(4-6-12)13-11(14)15-2/h10H,1,3-8H2,2H3,(H,13,14). The molecule has 0 saturated heterocycles. The molecule has 2 aliphatic rings. The summed E-state index contributed by atoms with van der Waals surface area (Å²) < 4.78 is 4.60. The molecule has 0 aromatic rings. The minimum absolute atomic E-state index is 0.297. The van der Waals surface area contributed by atoms with E-state index >= 15 is 0 Å². The van der Waals surface area contributed by atoms with E-state index in [9.17, 15) is 4.79 Å². The maximum absolute atomic E-state index is 11.0. The molecule has 0 heterocycles. The lowest BCUT2D eigenvalue weighted by molar-refractivity contribution is 0.106. The van der Waals surface area contributed by atoms with Gasteiger partial charge in [-0.3, -0.25) is 0 Å². The lowest BCUT2D eigenvalue weighted by atomic mass is 9.58. The lowest BCUT2D eigenvalue weighted by Gasteiger charge is -2.48. The number of carbonyl (C=O) groups is 1. The normalized spacial score (nSPS) is 24.7. The third-order valence-electron chi connectivity index (χ3n) is 3.80. The summed E-state index contributed by atoms with van der Waals surface area (Å²) in [6, 6.07) is 0.317. The van der Waals surface area contributed by atoms with Crippen molar-refractivity contribution in [1.82, 2.24) is 5.32 Å². The molecule has 2 rings (SSSR count). The van der Waals surface area contributed by atoms with Gasteiger partial charge in [0.15, 0.2) is 0 Å². The first-order chi connectivity index (χ1) is 7.13. The summed E-state index contributed by atoms with van der Waals surface area (Å²) in [6.45, 7) is 4.00. The maximum Gasteiger partial charge on any atom is 0.407 e. The van der Waals surface area contributed by atoms with Crippen LogP contribution in [-0.4, -0.2) is 19.2 Å². The molecule has 0 aromatic heterocycles. The number of methoxy groups -OCH3 is 1. The Morgan fingerprint density at radius 3 is 2.53 bits per heavy atom. The van der Waals surface area contributed by atoms with Gasteiger partial charge in [-0.15, -0.1) is 0 Å². The van der Waals surface area contributed by atoms with Gasteiger partial charge in [-0.05, 0) is 43.9 Å². The zero-order chi connectivity index (χ0) is 10.9. The van der Waals surface area contributed by atoms with E-state index in [0.717, 1.165) is 12.8 Å². The van der Waals surface area contributed by atoms with E-state index in [1.54, 1.807) is 0 Å². The van der Waals surface area contributed by atoms with Gasteiger partial charge in [-0.25, -0.2) is 4.79 Å². The second-order valence-corrected chi connectivity index (χ2v) is 5.01. The highest BCUT2D eigenvalue weighted by Gasteiger charge is 2.42. The van der Waals surface area contributed by atoms with Crippen LogP contribution in [0.5, 0.6) is 0 Å². The van der Waals surface area contributed by atoms with E-state index in [1.165, 1.54) is 38.4 Å². The third kappa shape index (κ3) is 2.16. The van der Waals surface area contributed by atoms with Crippen LogP contribution >= 0.6 is 0 Å². The summed E-state index contributed by atoms with van der Waals surface area (Å²) in [6.07, 6.45) is 6.73. The molecule has 3 nitrogen and oxygen atoms in total. The monoisotopic (exact) mass is 209 g/mol. The van der Waals surface area contributed by atoms with E-state index in [1.807, 2.05) is 0 Å². The van der Waals surface area contributed by atoms with Gasteiger partial charge in [-0.1, -0.05) is 12.2 Å². The van der Waals surface area contributed by atoms with Crippen LogP contribution in [0.2, 0.25) is 0 Å². The van der Waals surface area contributed by atoms with E-state index in [4.69, 9.17) is 0 Å². The van der Waals surface area contributed by atoms with Crippen LogP contribution < -0.4 is 5.32 Å². The highest BCUT2D eigenvalue weighted by atomic mass is 16.5. The Bertz CT molecular complexity index is 267. The number of alkyl carbamates (subject to hydrolysis) is 1. The molecular weight excluding hydrogens is 190 g/mol. The predicted octanol–water partition coefficient (Wildman–Crippen LogP) is 2.62. The summed E-state index contributed by atoms with van der Waals surface area (Å²) in [5, 5.41) is 2.88. The Balaban J connectivity index is 1.77. The number of allylic oxidation sites excluding steroid dienone is 1. The van der Waals surface area contributed by atoms with E-state index in [0.29, 0.717) is 11.5 Å². The minimum Gasteiger partial charge on any atom is -0.453 e. The molecular formula is C12H19NO2. The van der Waals surface area contributed by atoms with Crippen LogP contribution in [0.3, 0.4) is 0 Å². The number of nitrogens with one attached hydrogen (secondary N) is 1. The van der Waals surface area contributed by atoms with Gasteiger partial charge in [0.25, 0.3) is 0 Å². The van der Waals surface area contributed by atoms with Gasteiger partial charge in [-0.2, -0.15) is 0 Å². The van der Waals surface area contributed by atoms with E-state index in [2.05, 4.69) is 16.6 Å². The fourth-order valence-corrected chi connectivity index (χ4v) is 2.96. The molecule has 0 aromatic carbocycles. The first-order valence-electron chi connectivity index (χ1n) is 5.65. The molecule has 2 fully saturated rings. The van der Waals surface area contributed by atoms with Gasteiger partial charge in [0.2, 0.25) is 0 Å². The molecule has 1 spiro atoms. The Labute approximate surface area is 90.9 Å². The lowest BCUT2D eigenvalue weighted by Crippen LogP contribution is -2.43. The highest BCUT2D eigenvalue weighted by Crippen LogP contribution is 2.53.